The Hall–Kier alpha value is -6.15. The molecule has 10 aromatic rings. The highest BCUT2D eigenvalue weighted by Crippen LogP contribution is 2.52. The molecule has 7 aromatic carbocycles. The number of ether oxygens (including phenoxy) is 1. The maximum atomic E-state index is 7.14. The molecule has 0 N–H and O–H groups in total. The van der Waals surface area contributed by atoms with Gasteiger partial charge >= 0.3 is 0 Å². The lowest BCUT2D eigenvalue weighted by Gasteiger charge is -2.26. The molecule has 284 valence electrons. The largest absolute Gasteiger partial charge is 0.457 e. The van der Waals surface area contributed by atoms with Crippen LogP contribution >= 0.6 is 22.7 Å². The molecule has 0 bridgehead atoms. The number of para-hydroxylation sites is 4. The summed E-state index contributed by atoms with van der Waals surface area (Å²) in [6.07, 6.45) is 0. The Morgan fingerprint density at radius 1 is 0.569 bits per heavy atom. The van der Waals surface area contributed by atoms with Crippen molar-refractivity contribution in [2.45, 2.75) is 47.1 Å². The van der Waals surface area contributed by atoms with Gasteiger partial charge in [0, 0.05) is 63.2 Å². The summed E-state index contributed by atoms with van der Waals surface area (Å²) < 4.78 is 14.4. The Balaban J connectivity index is 1.11. The lowest BCUT2D eigenvalue weighted by atomic mass is 10.0. The highest BCUT2D eigenvalue weighted by Gasteiger charge is 2.32. The van der Waals surface area contributed by atoms with E-state index < -0.39 is 0 Å². The summed E-state index contributed by atoms with van der Waals surface area (Å²) >= 11 is 3.63. The van der Waals surface area contributed by atoms with Gasteiger partial charge in [0.05, 0.1) is 28.1 Å². The molecule has 1 aliphatic heterocycles. The summed E-state index contributed by atoms with van der Waals surface area (Å²) in [4.78, 5) is 10.3. The number of rotatable bonds is 5. The minimum absolute atomic E-state index is 0.211. The van der Waals surface area contributed by atoms with Crippen LogP contribution in [-0.2, 0) is 5.54 Å². The maximum absolute atomic E-state index is 7.14. The number of hydrogen-bond acceptors (Lipinski definition) is 6. The molecule has 0 fully saturated rings. The summed E-state index contributed by atoms with van der Waals surface area (Å²) in [7, 11) is 0. The molecule has 0 atom stereocenters. The van der Waals surface area contributed by atoms with Gasteiger partial charge in [-0.2, -0.15) is 0 Å². The molecular weight excluding hydrogens is 749 g/mol. The first-order valence-electron chi connectivity index (χ1n) is 19.9. The third-order valence-corrected chi connectivity index (χ3v) is 13.8. The fourth-order valence-electron chi connectivity index (χ4n) is 9.38. The second-order valence-corrected chi connectivity index (χ2v) is 18.8. The topological polar surface area (TPSA) is 33.5 Å². The van der Waals surface area contributed by atoms with Crippen molar-refractivity contribution in [3.8, 4) is 22.9 Å². The summed E-state index contributed by atoms with van der Waals surface area (Å²) in [6.45, 7) is 14.1. The molecule has 0 saturated carbocycles. The van der Waals surface area contributed by atoms with Crippen molar-refractivity contribution in [1.82, 2.24) is 9.55 Å². The van der Waals surface area contributed by atoms with Crippen LogP contribution in [0.5, 0.6) is 11.5 Å². The minimum atomic E-state index is -0.211. The van der Waals surface area contributed by atoms with Crippen molar-refractivity contribution in [2.75, 3.05) is 16.5 Å². The van der Waals surface area contributed by atoms with Gasteiger partial charge < -0.3 is 19.1 Å². The molecule has 58 heavy (non-hydrogen) atoms. The first-order chi connectivity index (χ1) is 28.1. The second-order valence-electron chi connectivity index (χ2n) is 16.6. The van der Waals surface area contributed by atoms with Crippen molar-refractivity contribution in [2.24, 2.45) is 0 Å². The second kappa shape index (κ2) is 12.9. The number of aryl methyl sites for hydroxylation is 3. The van der Waals surface area contributed by atoms with E-state index in [1.807, 2.05) is 22.7 Å². The van der Waals surface area contributed by atoms with Gasteiger partial charge in [0.2, 0.25) is 0 Å². The van der Waals surface area contributed by atoms with Crippen LogP contribution in [0.25, 0.3) is 62.8 Å². The quantitative estimate of drug-likeness (QED) is 0.174. The van der Waals surface area contributed by atoms with Gasteiger partial charge in [-0.05, 0) is 107 Å². The van der Waals surface area contributed by atoms with Crippen LogP contribution in [0.1, 0.15) is 37.5 Å². The van der Waals surface area contributed by atoms with E-state index in [0.717, 1.165) is 39.6 Å². The smallest absolute Gasteiger partial charge is 0.142 e. The Bertz CT molecular complexity index is 3270. The Labute approximate surface area is 346 Å². The van der Waals surface area contributed by atoms with Gasteiger partial charge in [-0.15, -0.1) is 22.7 Å². The number of thiophene rings is 2. The van der Waals surface area contributed by atoms with Crippen LogP contribution in [0.2, 0.25) is 0 Å². The fraction of sp³-hybridized carbons (Fsp3) is 0.157. The van der Waals surface area contributed by atoms with Gasteiger partial charge in [0.15, 0.2) is 0 Å². The summed E-state index contributed by atoms with van der Waals surface area (Å²) in [5, 5.41) is 4.96. The van der Waals surface area contributed by atoms with Crippen molar-refractivity contribution >= 4 is 96.8 Å². The Morgan fingerprint density at radius 2 is 1.14 bits per heavy atom. The summed E-state index contributed by atoms with van der Waals surface area (Å²) in [5.41, 5.74) is 11.6. The van der Waals surface area contributed by atoms with Gasteiger partial charge in [0.1, 0.15) is 24.0 Å². The third-order valence-electron chi connectivity index (χ3n) is 11.5. The molecule has 3 aromatic heterocycles. The summed E-state index contributed by atoms with van der Waals surface area (Å²) in [6, 6.07) is 48.3. The Kier molecular flexibility index (Phi) is 7.81. The average molecular weight is 791 g/mol. The Morgan fingerprint density at radius 3 is 1.83 bits per heavy atom. The number of nitrogens with zero attached hydrogens (tertiary/aromatic N) is 4. The van der Waals surface area contributed by atoms with Gasteiger partial charge in [-0.1, -0.05) is 78.4 Å². The molecule has 7 heteroatoms. The third kappa shape index (κ3) is 5.44. The molecule has 4 heterocycles. The zero-order valence-electron chi connectivity index (χ0n) is 33.4. The lowest BCUT2D eigenvalue weighted by molar-refractivity contribution is 0.413. The molecule has 5 nitrogen and oxygen atoms in total. The van der Waals surface area contributed by atoms with E-state index in [-0.39, 0.29) is 5.54 Å². The highest BCUT2D eigenvalue weighted by atomic mass is 32.1. The van der Waals surface area contributed by atoms with E-state index in [9.17, 15) is 0 Å². The van der Waals surface area contributed by atoms with Gasteiger partial charge in [0.25, 0.3) is 0 Å². The van der Waals surface area contributed by atoms with Gasteiger partial charge in [-0.3, -0.25) is 0 Å². The molecule has 11 rings (SSSR count). The van der Waals surface area contributed by atoms with Crippen molar-refractivity contribution in [3.63, 3.8) is 0 Å². The number of imidazole rings is 1. The van der Waals surface area contributed by atoms with E-state index in [4.69, 9.17) is 9.72 Å². The van der Waals surface area contributed by atoms with Crippen LogP contribution in [-0.4, -0.2) is 16.2 Å². The SMILES string of the molecule is Cc1cc(C)c(N2CN(c3cc(Oc4cc(-c5nc6ccccc6n5C(C)(C)C)c5c(c4)sc4ccccc45)cc4sc5ccccc5c34)c3ccccc32)c(C)c1. The number of benzene rings is 7. The average Bonchev–Trinajstić information content (AvgIpc) is 3.97. The van der Waals surface area contributed by atoms with Crippen LogP contribution in [0.3, 0.4) is 0 Å². The number of anilines is 4. The highest BCUT2D eigenvalue weighted by molar-refractivity contribution is 7.26. The molecule has 0 amide bonds. The molecule has 0 unspecified atom stereocenters. The zero-order chi connectivity index (χ0) is 39.4. The first-order valence-corrected chi connectivity index (χ1v) is 21.5. The molecular formula is C51H42N4OS2. The van der Waals surface area contributed by atoms with Crippen LogP contribution < -0.4 is 14.5 Å². The normalized spacial score (nSPS) is 13.2. The molecule has 0 radical (unpaired) electrons. The van der Waals surface area contributed by atoms with Crippen molar-refractivity contribution < 1.29 is 4.74 Å². The van der Waals surface area contributed by atoms with E-state index in [1.54, 1.807) is 0 Å². The molecule has 0 saturated heterocycles. The number of aromatic nitrogens is 2. The first kappa shape index (κ1) is 35.0. The van der Waals surface area contributed by atoms with Crippen LogP contribution in [0.15, 0.2) is 133 Å². The maximum Gasteiger partial charge on any atom is 0.142 e. The van der Waals surface area contributed by atoms with E-state index >= 15 is 0 Å². The zero-order valence-corrected chi connectivity index (χ0v) is 35.1. The predicted molar refractivity (Wildman–Crippen MR) is 249 cm³/mol. The van der Waals surface area contributed by atoms with Crippen molar-refractivity contribution in [1.29, 1.82) is 0 Å². The molecule has 1 aliphatic rings. The van der Waals surface area contributed by atoms with Crippen LogP contribution in [0.4, 0.5) is 22.7 Å². The van der Waals surface area contributed by atoms with E-state index in [0.29, 0.717) is 6.67 Å². The minimum Gasteiger partial charge on any atom is -0.457 e. The van der Waals surface area contributed by atoms with Gasteiger partial charge in [-0.25, -0.2) is 4.98 Å². The van der Waals surface area contributed by atoms with Crippen molar-refractivity contribution in [3.05, 3.63) is 150 Å². The van der Waals surface area contributed by atoms with Crippen LogP contribution in [0, 0.1) is 20.8 Å². The van der Waals surface area contributed by atoms with E-state index in [1.165, 1.54) is 74.1 Å². The number of hydrogen-bond donors (Lipinski definition) is 0. The fourth-order valence-corrected chi connectivity index (χ4v) is 11.7. The summed E-state index contributed by atoms with van der Waals surface area (Å²) in [5.74, 6) is 2.55. The predicted octanol–water partition coefficient (Wildman–Crippen LogP) is 15.2. The molecule has 0 aliphatic carbocycles. The monoisotopic (exact) mass is 790 g/mol. The standard InChI is InChI=1S/C51H42N4OS2/c1-30-23-31(2)49(32(3)24-30)54-29-53(40-19-11-12-20-41(40)54)42-26-34(28-46-48(42)36-16-8-14-22-44(36)58-46)56-33-25-37(47-35-15-7-13-21-43(35)57-45(47)27-33)50-52-38-17-9-10-18-39(38)55(50)51(4,5)6/h7-28H,29H2,1-6H3. The lowest BCUT2D eigenvalue weighted by Crippen LogP contribution is -2.25. The van der Waals surface area contributed by atoms with E-state index in [2.05, 4.69) is 189 Å². The number of fused-ring (bicyclic) bond motifs is 8. The molecule has 0 spiro atoms.